The first kappa shape index (κ1) is 14.9. The zero-order valence-electron chi connectivity index (χ0n) is 12.3. The number of thioether (sulfide) groups is 1. The summed E-state index contributed by atoms with van der Waals surface area (Å²) in [7, 11) is -2.88. The molecule has 0 spiro atoms. The maximum Gasteiger partial charge on any atom is 0.164 e. The number of benzene rings is 1. The largest absolute Gasteiger partial charge is 0.321 e. The quantitative estimate of drug-likeness (QED) is 0.857. The molecule has 0 aromatic heterocycles. The van der Waals surface area contributed by atoms with Gasteiger partial charge in [-0.2, -0.15) is 0 Å². The number of rotatable bonds is 3. The molecule has 1 aromatic carbocycles. The molecule has 2 heterocycles. The summed E-state index contributed by atoms with van der Waals surface area (Å²) in [5, 5.41) is 1.08. The lowest BCUT2D eigenvalue weighted by Gasteiger charge is -2.24. The number of sulfone groups is 1. The van der Waals surface area contributed by atoms with E-state index in [0.29, 0.717) is 0 Å². The van der Waals surface area contributed by atoms with Gasteiger partial charge in [0.05, 0.1) is 17.5 Å². The predicted molar refractivity (Wildman–Crippen MR) is 90.1 cm³/mol. The molecule has 0 saturated carbocycles. The third-order valence-corrected chi connectivity index (χ3v) is 7.04. The molecular weight excluding hydrogens is 304 g/mol. The number of aliphatic imine (C=N–C) groups is 1. The Morgan fingerprint density at radius 2 is 2.19 bits per heavy atom. The Kier molecular flexibility index (Phi) is 4.01. The van der Waals surface area contributed by atoms with Crippen molar-refractivity contribution in [2.75, 3.05) is 23.0 Å². The van der Waals surface area contributed by atoms with Crippen molar-refractivity contribution < 1.29 is 8.42 Å². The van der Waals surface area contributed by atoms with Gasteiger partial charge in [0.2, 0.25) is 0 Å². The van der Waals surface area contributed by atoms with E-state index in [1.807, 2.05) is 0 Å². The summed E-state index contributed by atoms with van der Waals surface area (Å²) >= 11 is 1.63. The summed E-state index contributed by atoms with van der Waals surface area (Å²) in [5.41, 5.74) is 2.37. The van der Waals surface area contributed by atoms with Gasteiger partial charge in [-0.3, -0.25) is 4.99 Å². The summed E-state index contributed by atoms with van der Waals surface area (Å²) in [5.74, 6) is 0.477. The molecular formula is C15H20N2O2S2. The second-order valence-corrected chi connectivity index (χ2v) is 9.06. The molecule has 0 amide bonds. The lowest BCUT2D eigenvalue weighted by molar-refractivity contribution is 0.601. The van der Waals surface area contributed by atoms with Gasteiger partial charge in [0.1, 0.15) is 0 Å². The van der Waals surface area contributed by atoms with Crippen molar-refractivity contribution >= 4 is 32.5 Å². The molecule has 0 unspecified atom stereocenters. The number of hydrogen-bond acceptors (Lipinski definition) is 5. The number of nitrogens with zero attached hydrogens (tertiary/aromatic N) is 2. The fraction of sp³-hybridized carbons (Fsp3) is 0.533. The van der Waals surface area contributed by atoms with E-state index in [4.69, 9.17) is 4.99 Å². The molecule has 1 saturated heterocycles. The van der Waals surface area contributed by atoms with Crippen LogP contribution in [0.2, 0.25) is 0 Å². The van der Waals surface area contributed by atoms with Crippen molar-refractivity contribution in [2.24, 2.45) is 4.99 Å². The highest BCUT2D eigenvalue weighted by Crippen LogP contribution is 2.36. The van der Waals surface area contributed by atoms with Crippen molar-refractivity contribution in [1.82, 2.24) is 0 Å². The summed E-state index contributed by atoms with van der Waals surface area (Å²) in [6.45, 7) is 5.13. The van der Waals surface area contributed by atoms with Crippen molar-refractivity contribution in [3.8, 4) is 0 Å². The smallest absolute Gasteiger partial charge is 0.164 e. The van der Waals surface area contributed by atoms with Gasteiger partial charge in [0, 0.05) is 17.5 Å². The average molecular weight is 324 g/mol. The Balaban J connectivity index is 1.86. The van der Waals surface area contributed by atoms with Crippen LogP contribution in [0.5, 0.6) is 0 Å². The van der Waals surface area contributed by atoms with Gasteiger partial charge < -0.3 is 4.90 Å². The lowest BCUT2D eigenvalue weighted by atomic mass is 10.2. The van der Waals surface area contributed by atoms with Crippen LogP contribution in [0, 0.1) is 6.92 Å². The first-order chi connectivity index (χ1) is 9.98. The zero-order valence-corrected chi connectivity index (χ0v) is 14.0. The van der Waals surface area contributed by atoms with Crippen LogP contribution in [-0.2, 0) is 9.84 Å². The molecule has 21 heavy (non-hydrogen) atoms. The van der Waals surface area contributed by atoms with Crippen LogP contribution in [0.3, 0.4) is 0 Å². The summed E-state index contributed by atoms with van der Waals surface area (Å²) in [6.07, 6.45) is 1.03. The molecule has 4 nitrogen and oxygen atoms in total. The molecule has 114 valence electrons. The minimum atomic E-state index is -2.88. The van der Waals surface area contributed by atoms with Gasteiger partial charge in [-0.1, -0.05) is 30.8 Å². The lowest BCUT2D eigenvalue weighted by Crippen LogP contribution is -2.29. The molecule has 2 aliphatic rings. The SMILES string of the molecule is CCCN(C1=N[C@H]2CS(=O)(=O)C[C@H]2S1)c1cccc(C)c1. The van der Waals surface area contributed by atoms with E-state index in [1.165, 1.54) is 5.56 Å². The average Bonchev–Trinajstić information content (AvgIpc) is 2.89. The van der Waals surface area contributed by atoms with Gasteiger partial charge in [-0.25, -0.2) is 8.42 Å². The number of hydrogen-bond donors (Lipinski definition) is 0. The molecule has 2 atom stereocenters. The molecule has 0 bridgehead atoms. The van der Waals surface area contributed by atoms with Crippen molar-refractivity contribution in [3.63, 3.8) is 0 Å². The monoisotopic (exact) mass is 324 g/mol. The molecule has 1 fully saturated rings. The molecule has 3 rings (SSSR count). The van der Waals surface area contributed by atoms with Crippen molar-refractivity contribution in [2.45, 2.75) is 31.6 Å². The molecule has 0 aliphatic carbocycles. The van der Waals surface area contributed by atoms with E-state index in [0.717, 1.165) is 23.8 Å². The number of anilines is 1. The van der Waals surface area contributed by atoms with E-state index in [-0.39, 0.29) is 22.8 Å². The van der Waals surface area contributed by atoms with Crippen LogP contribution in [-0.4, -0.2) is 42.9 Å². The summed E-state index contributed by atoms with van der Waals surface area (Å²) < 4.78 is 23.3. The third kappa shape index (κ3) is 3.11. The maximum atomic E-state index is 11.7. The Hall–Kier alpha value is -1.01. The van der Waals surface area contributed by atoms with Crippen LogP contribution < -0.4 is 4.90 Å². The zero-order chi connectivity index (χ0) is 15.0. The summed E-state index contributed by atoms with van der Waals surface area (Å²) in [4.78, 5) is 6.92. The van der Waals surface area contributed by atoms with E-state index in [1.54, 1.807) is 11.8 Å². The fourth-order valence-electron chi connectivity index (χ4n) is 2.83. The topological polar surface area (TPSA) is 49.7 Å². The normalized spacial score (nSPS) is 26.5. The Labute approximate surface area is 130 Å². The van der Waals surface area contributed by atoms with Crippen molar-refractivity contribution in [3.05, 3.63) is 29.8 Å². The minimum absolute atomic E-state index is 0.0563. The molecule has 1 aromatic rings. The maximum absolute atomic E-state index is 11.7. The first-order valence-electron chi connectivity index (χ1n) is 7.27. The second kappa shape index (κ2) is 5.65. The fourth-order valence-corrected chi connectivity index (χ4v) is 6.63. The third-order valence-electron chi connectivity index (χ3n) is 3.80. The Morgan fingerprint density at radius 1 is 1.38 bits per heavy atom. The van der Waals surface area contributed by atoms with Gasteiger partial charge >= 0.3 is 0 Å². The predicted octanol–water partition coefficient (Wildman–Crippen LogP) is 2.48. The number of fused-ring (bicyclic) bond motifs is 1. The van der Waals surface area contributed by atoms with Crippen molar-refractivity contribution in [1.29, 1.82) is 0 Å². The second-order valence-electron chi connectivity index (χ2n) is 5.70. The van der Waals surface area contributed by atoms with Crippen LogP contribution in [0.15, 0.2) is 29.3 Å². The van der Waals surface area contributed by atoms with E-state index in [2.05, 4.69) is 43.0 Å². The van der Waals surface area contributed by atoms with E-state index < -0.39 is 9.84 Å². The van der Waals surface area contributed by atoms with Gasteiger partial charge in [-0.05, 0) is 31.0 Å². The van der Waals surface area contributed by atoms with E-state index in [9.17, 15) is 8.42 Å². The minimum Gasteiger partial charge on any atom is -0.321 e. The van der Waals surface area contributed by atoms with Crippen LogP contribution >= 0.6 is 11.8 Å². The standard InChI is InChI=1S/C15H20N2O2S2/c1-3-7-17(12-6-4-5-11(2)8-12)15-16-13-9-21(18,19)10-14(13)20-15/h4-6,8,13-14H,3,7,9-10H2,1-2H3/t13-,14+/m0/s1. The molecule has 0 radical (unpaired) electrons. The highest BCUT2D eigenvalue weighted by molar-refractivity contribution is 8.15. The van der Waals surface area contributed by atoms with Crippen LogP contribution in [0.4, 0.5) is 5.69 Å². The highest BCUT2D eigenvalue weighted by atomic mass is 32.2. The van der Waals surface area contributed by atoms with E-state index >= 15 is 0 Å². The molecule has 2 aliphatic heterocycles. The van der Waals surface area contributed by atoms with Gasteiger partial charge in [0.25, 0.3) is 0 Å². The Bertz CT molecular complexity index is 670. The van der Waals surface area contributed by atoms with Crippen LogP contribution in [0.25, 0.3) is 0 Å². The highest BCUT2D eigenvalue weighted by Gasteiger charge is 2.43. The molecule has 6 heteroatoms. The van der Waals surface area contributed by atoms with Crippen LogP contribution in [0.1, 0.15) is 18.9 Å². The number of aryl methyl sites for hydroxylation is 1. The Morgan fingerprint density at radius 3 is 2.86 bits per heavy atom. The van der Waals surface area contributed by atoms with Gasteiger partial charge in [0.15, 0.2) is 15.0 Å². The summed E-state index contributed by atoms with van der Waals surface area (Å²) in [6, 6.07) is 8.33. The number of amidine groups is 1. The molecule has 0 N–H and O–H groups in total. The van der Waals surface area contributed by atoms with Gasteiger partial charge in [-0.15, -0.1) is 0 Å². The first-order valence-corrected chi connectivity index (χ1v) is 9.98.